The average molecular weight is 533 g/mol. The van der Waals surface area contributed by atoms with Crippen molar-refractivity contribution >= 4 is 35.3 Å². The number of amides is 2. The van der Waals surface area contributed by atoms with Gasteiger partial charge in [-0.3, -0.25) is 9.59 Å². The van der Waals surface area contributed by atoms with E-state index in [0.717, 1.165) is 16.0 Å². The van der Waals surface area contributed by atoms with Crippen LogP contribution in [-0.4, -0.2) is 46.3 Å². The van der Waals surface area contributed by atoms with E-state index >= 15 is 0 Å². The molecule has 1 N–H and O–H groups in total. The molecule has 3 aromatic carbocycles. The Morgan fingerprint density at radius 2 is 1.76 bits per heavy atom. The Hall–Kier alpha value is -4.11. The first-order valence-electron chi connectivity index (χ1n) is 12.1. The molecule has 0 radical (unpaired) electrons. The molecule has 2 aliphatic rings. The quantitative estimate of drug-likeness (QED) is 0.444. The third-order valence-electron chi connectivity index (χ3n) is 6.44. The van der Waals surface area contributed by atoms with E-state index in [1.165, 1.54) is 11.8 Å². The molecular formula is C29H28N2O6S. The molecule has 2 aliphatic heterocycles. The maximum atomic E-state index is 13.2. The van der Waals surface area contributed by atoms with Gasteiger partial charge in [-0.1, -0.05) is 23.9 Å². The van der Waals surface area contributed by atoms with Gasteiger partial charge in [0.25, 0.3) is 11.8 Å². The molecule has 5 rings (SSSR count). The number of benzene rings is 3. The fourth-order valence-electron chi connectivity index (χ4n) is 4.32. The second-order valence-electron chi connectivity index (χ2n) is 8.87. The molecule has 0 saturated carbocycles. The summed E-state index contributed by atoms with van der Waals surface area (Å²) < 4.78 is 21.9. The average Bonchev–Trinajstić information content (AvgIpc) is 2.95. The van der Waals surface area contributed by atoms with Crippen LogP contribution in [0, 0.1) is 0 Å². The van der Waals surface area contributed by atoms with Gasteiger partial charge in [0.15, 0.2) is 23.0 Å². The summed E-state index contributed by atoms with van der Waals surface area (Å²) in [7, 11) is 4.86. The Morgan fingerprint density at radius 3 is 2.53 bits per heavy atom. The molecule has 9 heteroatoms. The van der Waals surface area contributed by atoms with Crippen molar-refractivity contribution in [2.24, 2.45) is 0 Å². The first-order chi connectivity index (χ1) is 18.4. The Balaban J connectivity index is 1.34. The Kier molecular flexibility index (Phi) is 7.20. The van der Waals surface area contributed by atoms with Crippen molar-refractivity contribution in [2.75, 3.05) is 39.4 Å². The lowest BCUT2D eigenvalue weighted by molar-refractivity contribution is -0.114. The zero-order chi connectivity index (χ0) is 26.8. The van der Waals surface area contributed by atoms with E-state index in [1.807, 2.05) is 49.4 Å². The van der Waals surface area contributed by atoms with E-state index in [1.54, 1.807) is 44.4 Å². The van der Waals surface area contributed by atoms with Crippen LogP contribution in [0.3, 0.4) is 0 Å². The summed E-state index contributed by atoms with van der Waals surface area (Å²) >= 11 is 1.37. The summed E-state index contributed by atoms with van der Waals surface area (Å²) in [6.07, 6.45) is 1.82. The predicted molar refractivity (Wildman–Crippen MR) is 147 cm³/mol. The van der Waals surface area contributed by atoms with Gasteiger partial charge in [0.05, 0.1) is 30.9 Å². The van der Waals surface area contributed by atoms with E-state index in [9.17, 15) is 9.59 Å². The van der Waals surface area contributed by atoms with Crippen molar-refractivity contribution in [2.45, 2.75) is 17.9 Å². The van der Waals surface area contributed by atoms with Gasteiger partial charge in [-0.25, -0.2) is 0 Å². The lowest BCUT2D eigenvalue weighted by atomic mass is 10.1. The molecule has 0 aromatic heterocycles. The molecule has 0 spiro atoms. The van der Waals surface area contributed by atoms with Crippen molar-refractivity contribution in [3.05, 3.63) is 76.2 Å². The number of methoxy groups -OCH3 is 2. The van der Waals surface area contributed by atoms with E-state index in [2.05, 4.69) is 5.32 Å². The molecule has 38 heavy (non-hydrogen) atoms. The fourth-order valence-corrected chi connectivity index (χ4v) is 5.41. The van der Waals surface area contributed by atoms with Gasteiger partial charge in [0, 0.05) is 17.5 Å². The number of likely N-dealkylation sites (N-methyl/N-ethyl adjacent to an activating group) is 1. The van der Waals surface area contributed by atoms with Crippen molar-refractivity contribution < 1.29 is 28.5 Å². The number of carbonyl (C=O) groups excluding carboxylic acids is 2. The van der Waals surface area contributed by atoms with Gasteiger partial charge < -0.3 is 29.2 Å². The first kappa shape index (κ1) is 25.5. The number of fused-ring (bicyclic) bond motifs is 2. The van der Waals surface area contributed by atoms with Crippen molar-refractivity contribution in [1.29, 1.82) is 0 Å². The second kappa shape index (κ2) is 10.7. The van der Waals surface area contributed by atoms with E-state index < -0.39 is 0 Å². The standard InChI is InChI=1S/C29H28N2O6S/c1-17(19-6-9-23-25(16-19)37-12-11-36-23)30-28(32)20-7-10-26-21(15-20)31(2)29(33)27(38-26)14-18-5-8-22(34-3)24(13-18)35-4/h5-10,13-17H,11-12H2,1-4H3,(H,30,32). The lowest BCUT2D eigenvalue weighted by Gasteiger charge is -2.27. The topological polar surface area (TPSA) is 86.3 Å². The zero-order valence-electron chi connectivity index (χ0n) is 21.6. The highest BCUT2D eigenvalue weighted by Gasteiger charge is 2.28. The van der Waals surface area contributed by atoms with Crippen LogP contribution in [0.1, 0.15) is 34.5 Å². The summed E-state index contributed by atoms with van der Waals surface area (Å²) in [5.41, 5.74) is 2.89. The molecule has 1 atom stereocenters. The minimum Gasteiger partial charge on any atom is -0.493 e. The van der Waals surface area contributed by atoms with E-state index in [4.69, 9.17) is 18.9 Å². The van der Waals surface area contributed by atoms with Crippen LogP contribution < -0.4 is 29.2 Å². The third-order valence-corrected chi connectivity index (χ3v) is 7.51. The van der Waals surface area contributed by atoms with Crippen LogP contribution in [-0.2, 0) is 4.79 Å². The van der Waals surface area contributed by atoms with Crippen molar-refractivity contribution in [1.82, 2.24) is 5.32 Å². The molecule has 0 fully saturated rings. The number of nitrogens with one attached hydrogen (secondary N) is 1. The summed E-state index contributed by atoms with van der Waals surface area (Å²) in [6, 6.07) is 16.3. The summed E-state index contributed by atoms with van der Waals surface area (Å²) in [6.45, 7) is 2.94. The molecule has 0 bridgehead atoms. The Bertz CT molecular complexity index is 1440. The Labute approximate surface area is 225 Å². The third kappa shape index (κ3) is 5.02. The molecule has 2 heterocycles. The highest BCUT2D eigenvalue weighted by Crippen LogP contribution is 2.42. The number of anilines is 1. The summed E-state index contributed by atoms with van der Waals surface area (Å²) in [5, 5.41) is 3.03. The van der Waals surface area contributed by atoms with Gasteiger partial charge in [-0.05, 0) is 66.6 Å². The molecular weight excluding hydrogens is 504 g/mol. The van der Waals surface area contributed by atoms with Crippen molar-refractivity contribution in [3.8, 4) is 23.0 Å². The number of carbonyl (C=O) groups is 2. The zero-order valence-corrected chi connectivity index (χ0v) is 22.4. The fraction of sp³-hybridized carbons (Fsp3) is 0.241. The maximum Gasteiger partial charge on any atom is 0.264 e. The summed E-state index contributed by atoms with van der Waals surface area (Å²) in [4.78, 5) is 29.3. The molecule has 8 nitrogen and oxygen atoms in total. The number of ether oxygens (including phenoxy) is 4. The molecule has 0 aliphatic carbocycles. The van der Waals surface area contributed by atoms with Crippen LogP contribution in [0.4, 0.5) is 5.69 Å². The highest BCUT2D eigenvalue weighted by atomic mass is 32.2. The number of hydrogen-bond acceptors (Lipinski definition) is 7. The van der Waals surface area contributed by atoms with Gasteiger partial charge in [-0.2, -0.15) is 0 Å². The number of rotatable bonds is 6. The highest BCUT2D eigenvalue weighted by molar-refractivity contribution is 8.04. The molecule has 196 valence electrons. The van der Waals surface area contributed by atoms with E-state index in [0.29, 0.717) is 52.4 Å². The minimum atomic E-state index is -0.251. The van der Waals surface area contributed by atoms with Gasteiger partial charge in [0.1, 0.15) is 13.2 Å². The number of thioether (sulfide) groups is 1. The van der Waals surface area contributed by atoms with Crippen LogP contribution in [0.15, 0.2) is 64.4 Å². The molecule has 2 amide bonds. The van der Waals surface area contributed by atoms with Crippen LogP contribution in [0.5, 0.6) is 23.0 Å². The van der Waals surface area contributed by atoms with Gasteiger partial charge in [0.2, 0.25) is 0 Å². The van der Waals surface area contributed by atoms with Crippen LogP contribution in [0.25, 0.3) is 6.08 Å². The van der Waals surface area contributed by atoms with Gasteiger partial charge >= 0.3 is 0 Å². The molecule has 0 saturated heterocycles. The van der Waals surface area contributed by atoms with Crippen molar-refractivity contribution in [3.63, 3.8) is 0 Å². The number of hydrogen-bond donors (Lipinski definition) is 1. The lowest BCUT2D eigenvalue weighted by Crippen LogP contribution is -2.31. The SMILES string of the molecule is COc1ccc(C=C2Sc3ccc(C(=O)NC(C)c4ccc5c(c4)OCCO5)cc3N(C)C2=O)cc1OC. The van der Waals surface area contributed by atoms with E-state index in [-0.39, 0.29) is 17.9 Å². The first-order valence-corrected chi connectivity index (χ1v) is 12.9. The molecule has 1 unspecified atom stereocenters. The monoisotopic (exact) mass is 532 g/mol. The predicted octanol–water partition coefficient (Wildman–Crippen LogP) is 5.08. The number of nitrogens with zero attached hydrogens (tertiary/aromatic N) is 1. The molecule has 3 aromatic rings. The van der Waals surface area contributed by atoms with Crippen LogP contribution in [0.2, 0.25) is 0 Å². The largest absolute Gasteiger partial charge is 0.493 e. The minimum absolute atomic E-state index is 0.153. The smallest absolute Gasteiger partial charge is 0.264 e. The van der Waals surface area contributed by atoms with Crippen LogP contribution >= 0.6 is 11.8 Å². The summed E-state index contributed by atoms with van der Waals surface area (Å²) in [5.74, 6) is 2.21. The van der Waals surface area contributed by atoms with Gasteiger partial charge in [-0.15, -0.1) is 0 Å². The normalized spacial score (nSPS) is 16.1. The maximum absolute atomic E-state index is 13.2. The Morgan fingerprint density at radius 1 is 1.00 bits per heavy atom. The second-order valence-corrected chi connectivity index (χ2v) is 9.95.